The van der Waals surface area contributed by atoms with Crippen LogP contribution in [0.1, 0.15) is 21.5 Å². The minimum absolute atomic E-state index is 0.0898. The maximum atomic E-state index is 12.6. The lowest BCUT2D eigenvalue weighted by molar-refractivity contribution is -0.130. The highest BCUT2D eigenvalue weighted by Crippen LogP contribution is 2.29. The molecule has 172 valence electrons. The van der Waals surface area contributed by atoms with Crippen molar-refractivity contribution in [3.05, 3.63) is 83.7 Å². The number of amides is 2. The lowest BCUT2D eigenvalue weighted by Crippen LogP contribution is -2.27. The molecule has 8 heteroatoms. The van der Waals surface area contributed by atoms with E-state index in [0.29, 0.717) is 36.0 Å². The number of hydrogen-bond donors (Lipinski definition) is 1. The minimum atomic E-state index is -0.253. The minimum Gasteiger partial charge on any atom is -0.493 e. The highest BCUT2D eigenvalue weighted by molar-refractivity contribution is 5.94. The Balaban J connectivity index is 1.57. The quantitative estimate of drug-likeness (QED) is 0.512. The summed E-state index contributed by atoms with van der Waals surface area (Å²) in [6.45, 7) is 0.616. The van der Waals surface area contributed by atoms with E-state index in [0.717, 1.165) is 11.1 Å². The van der Waals surface area contributed by atoms with E-state index in [4.69, 9.17) is 14.2 Å². The highest BCUT2D eigenvalue weighted by atomic mass is 16.5. The van der Waals surface area contributed by atoms with Crippen molar-refractivity contribution in [1.82, 2.24) is 15.2 Å². The molecule has 0 fully saturated rings. The van der Waals surface area contributed by atoms with E-state index in [1.807, 2.05) is 30.3 Å². The fourth-order valence-electron chi connectivity index (χ4n) is 2.87. The smallest absolute Gasteiger partial charge is 0.259 e. The van der Waals surface area contributed by atoms with Crippen LogP contribution in [0, 0.1) is 0 Å². The number of aromatic nitrogens is 1. The number of carbonyl (C=O) groups is 2. The summed E-state index contributed by atoms with van der Waals surface area (Å²) in [5.74, 6) is 1.23. The molecule has 0 aliphatic rings. The molecule has 0 aliphatic heterocycles. The summed E-state index contributed by atoms with van der Waals surface area (Å²) in [7, 11) is 4.89. The SMILES string of the molecule is COc1cc(CNC(=O)c2cccc(OCC(=O)N(C)C)c2)ccc1OCc1ccncc1. The van der Waals surface area contributed by atoms with Crippen molar-refractivity contribution in [3.8, 4) is 17.2 Å². The highest BCUT2D eigenvalue weighted by Gasteiger charge is 2.11. The van der Waals surface area contributed by atoms with E-state index in [1.54, 1.807) is 57.9 Å². The van der Waals surface area contributed by atoms with Gasteiger partial charge in [0, 0.05) is 38.6 Å². The van der Waals surface area contributed by atoms with Gasteiger partial charge in [0.1, 0.15) is 12.4 Å². The number of methoxy groups -OCH3 is 1. The average Bonchev–Trinajstić information content (AvgIpc) is 2.85. The second-order valence-electron chi connectivity index (χ2n) is 7.42. The van der Waals surface area contributed by atoms with Crippen LogP contribution in [0.5, 0.6) is 17.2 Å². The fourth-order valence-corrected chi connectivity index (χ4v) is 2.87. The van der Waals surface area contributed by atoms with Gasteiger partial charge in [0.15, 0.2) is 18.1 Å². The lowest BCUT2D eigenvalue weighted by Gasteiger charge is -2.13. The maximum absolute atomic E-state index is 12.6. The Hall–Kier alpha value is -4.07. The first-order valence-corrected chi connectivity index (χ1v) is 10.4. The van der Waals surface area contributed by atoms with Gasteiger partial charge >= 0.3 is 0 Å². The van der Waals surface area contributed by atoms with Gasteiger partial charge in [0.25, 0.3) is 11.8 Å². The van der Waals surface area contributed by atoms with Gasteiger partial charge in [-0.25, -0.2) is 0 Å². The first kappa shape index (κ1) is 23.6. The zero-order valence-corrected chi connectivity index (χ0v) is 18.9. The predicted octanol–water partition coefficient (Wildman–Crippen LogP) is 3.07. The van der Waals surface area contributed by atoms with Gasteiger partial charge in [-0.15, -0.1) is 0 Å². The molecule has 0 bridgehead atoms. The van der Waals surface area contributed by atoms with Crippen LogP contribution in [0.15, 0.2) is 67.0 Å². The number of hydrogen-bond acceptors (Lipinski definition) is 6. The van der Waals surface area contributed by atoms with E-state index in [2.05, 4.69) is 10.3 Å². The third-order valence-corrected chi connectivity index (χ3v) is 4.78. The second-order valence-corrected chi connectivity index (χ2v) is 7.42. The topological polar surface area (TPSA) is 90.0 Å². The maximum Gasteiger partial charge on any atom is 0.259 e. The van der Waals surface area contributed by atoms with Crippen molar-refractivity contribution >= 4 is 11.8 Å². The summed E-state index contributed by atoms with van der Waals surface area (Å²) in [5.41, 5.74) is 2.30. The molecule has 0 unspecified atom stereocenters. The Morgan fingerprint density at radius 1 is 0.939 bits per heavy atom. The summed E-state index contributed by atoms with van der Waals surface area (Å²) in [6.07, 6.45) is 3.43. The van der Waals surface area contributed by atoms with Crippen LogP contribution in [0.25, 0.3) is 0 Å². The van der Waals surface area contributed by atoms with Crippen LogP contribution < -0.4 is 19.5 Å². The van der Waals surface area contributed by atoms with Gasteiger partial charge in [-0.3, -0.25) is 14.6 Å². The Morgan fingerprint density at radius 3 is 2.45 bits per heavy atom. The number of rotatable bonds is 10. The van der Waals surface area contributed by atoms with Crippen molar-refractivity contribution < 1.29 is 23.8 Å². The third kappa shape index (κ3) is 6.96. The lowest BCUT2D eigenvalue weighted by atomic mass is 10.1. The van der Waals surface area contributed by atoms with E-state index < -0.39 is 0 Å². The van der Waals surface area contributed by atoms with E-state index in [1.165, 1.54) is 4.90 Å². The van der Waals surface area contributed by atoms with Crippen LogP contribution in [-0.2, 0) is 17.9 Å². The van der Waals surface area contributed by atoms with Crippen LogP contribution in [0.3, 0.4) is 0 Å². The Bertz CT molecular complexity index is 1090. The molecule has 2 aromatic carbocycles. The largest absolute Gasteiger partial charge is 0.493 e. The van der Waals surface area contributed by atoms with Crippen molar-refractivity contribution in [3.63, 3.8) is 0 Å². The molecule has 1 heterocycles. The molecule has 33 heavy (non-hydrogen) atoms. The van der Waals surface area contributed by atoms with Gasteiger partial charge in [0.05, 0.1) is 7.11 Å². The average molecular weight is 450 g/mol. The molecule has 0 spiro atoms. The van der Waals surface area contributed by atoms with Crippen molar-refractivity contribution in [2.24, 2.45) is 0 Å². The number of likely N-dealkylation sites (N-methyl/N-ethyl adjacent to an activating group) is 1. The molecule has 3 rings (SSSR count). The zero-order valence-electron chi connectivity index (χ0n) is 18.9. The Morgan fingerprint density at radius 2 is 1.73 bits per heavy atom. The first-order valence-electron chi connectivity index (χ1n) is 10.4. The summed E-state index contributed by atoms with van der Waals surface area (Å²) >= 11 is 0. The number of pyridine rings is 1. The Kier molecular flexibility index (Phi) is 8.24. The van der Waals surface area contributed by atoms with Gasteiger partial charge in [-0.2, -0.15) is 0 Å². The third-order valence-electron chi connectivity index (χ3n) is 4.78. The van der Waals surface area contributed by atoms with E-state index >= 15 is 0 Å². The van der Waals surface area contributed by atoms with Gasteiger partial charge in [-0.1, -0.05) is 12.1 Å². The second kappa shape index (κ2) is 11.5. The number of benzene rings is 2. The number of ether oxygens (including phenoxy) is 3. The van der Waals surface area contributed by atoms with Gasteiger partial charge < -0.3 is 24.4 Å². The molecular formula is C25H27N3O5. The zero-order chi connectivity index (χ0) is 23.6. The van der Waals surface area contributed by atoms with Gasteiger partial charge in [-0.05, 0) is 53.6 Å². The van der Waals surface area contributed by atoms with Crippen molar-refractivity contribution in [2.45, 2.75) is 13.2 Å². The number of nitrogens with one attached hydrogen (secondary N) is 1. The van der Waals surface area contributed by atoms with E-state index in [-0.39, 0.29) is 18.4 Å². The molecule has 1 aromatic heterocycles. The predicted molar refractivity (Wildman–Crippen MR) is 123 cm³/mol. The van der Waals surface area contributed by atoms with E-state index in [9.17, 15) is 9.59 Å². The summed E-state index contributed by atoms with van der Waals surface area (Å²) < 4.78 is 16.8. The molecule has 0 radical (unpaired) electrons. The molecule has 0 saturated carbocycles. The van der Waals surface area contributed by atoms with Crippen molar-refractivity contribution in [2.75, 3.05) is 27.8 Å². The van der Waals surface area contributed by atoms with Gasteiger partial charge in [0.2, 0.25) is 0 Å². The van der Waals surface area contributed by atoms with Crippen molar-refractivity contribution in [1.29, 1.82) is 0 Å². The number of nitrogens with zero attached hydrogens (tertiary/aromatic N) is 2. The van der Waals surface area contributed by atoms with Crippen LogP contribution in [0.4, 0.5) is 0 Å². The normalized spacial score (nSPS) is 10.3. The van der Waals surface area contributed by atoms with Crippen LogP contribution in [-0.4, -0.2) is 49.5 Å². The Labute approximate surface area is 193 Å². The summed E-state index contributed by atoms with van der Waals surface area (Å²) in [4.78, 5) is 29.7. The molecule has 0 aliphatic carbocycles. The fraction of sp³-hybridized carbons (Fsp3) is 0.240. The molecule has 8 nitrogen and oxygen atoms in total. The van der Waals surface area contributed by atoms with Crippen LogP contribution >= 0.6 is 0 Å². The first-order chi connectivity index (χ1) is 16.0. The molecule has 3 aromatic rings. The standard InChI is InChI=1S/C25H27N3O5/c1-28(2)24(29)17-32-21-6-4-5-20(14-21)25(30)27-15-19-7-8-22(23(13-19)31-3)33-16-18-9-11-26-12-10-18/h4-14H,15-17H2,1-3H3,(H,27,30). The monoisotopic (exact) mass is 449 g/mol. The molecule has 0 saturated heterocycles. The molecule has 2 amide bonds. The molecule has 1 N–H and O–H groups in total. The molecule has 0 atom stereocenters. The molecular weight excluding hydrogens is 422 g/mol. The summed E-state index contributed by atoms with van der Waals surface area (Å²) in [5, 5.41) is 2.88. The van der Waals surface area contributed by atoms with Crippen LogP contribution in [0.2, 0.25) is 0 Å². The summed E-state index contributed by atoms with van der Waals surface area (Å²) in [6, 6.07) is 16.0. The number of carbonyl (C=O) groups excluding carboxylic acids is 2.